The van der Waals surface area contributed by atoms with Crippen LogP contribution in [0.2, 0.25) is 0 Å². The van der Waals surface area contributed by atoms with Crippen LogP contribution in [-0.2, 0) is 56.8 Å². The Morgan fingerprint density at radius 3 is 0.244 bits per heavy atom. The van der Waals surface area contributed by atoms with Crippen molar-refractivity contribution >= 4 is 0 Å². The molecule has 41 heavy (non-hydrogen) atoms. The molecule has 2 fully saturated rings. The van der Waals surface area contributed by atoms with Crippen LogP contribution in [0.5, 0.6) is 0 Å². The summed E-state index contributed by atoms with van der Waals surface area (Å²) in [6.07, 6.45) is 0. The van der Waals surface area contributed by atoms with Gasteiger partial charge < -0.3 is 73.3 Å². The predicted octanol–water partition coefficient (Wildman–Crippen LogP) is -6.32. The molecule has 3 N–H and O–H groups in total. The molecule has 0 aromatic rings. The molecule has 2 aliphatic rings. The number of hydrogen-bond donors (Lipinski definition) is 0. The Kier molecular flexibility index (Phi) is 61.2. The third-order valence-electron chi connectivity index (χ3n) is 4.46. The van der Waals surface area contributed by atoms with E-state index < -0.39 is 0 Å². The Morgan fingerprint density at radius 1 is 0.146 bits per heavy atom. The largest absolute Gasteiger partial charge is 1.00 e. The van der Waals surface area contributed by atoms with Crippen molar-refractivity contribution in [2.75, 3.05) is 159 Å². The second kappa shape index (κ2) is 48.3. The van der Waals surface area contributed by atoms with Crippen LogP contribution in [0.4, 0.5) is 0 Å². The average Bonchev–Trinajstić information content (AvgIpc) is 2.89. The molecule has 0 aromatic heterocycles. The summed E-state index contributed by atoms with van der Waals surface area (Å²) in [6.45, 7) is 14.1. The zero-order chi connectivity index (χ0) is 25.5. The summed E-state index contributed by atoms with van der Waals surface area (Å²) >= 11 is 0. The van der Waals surface area contributed by atoms with Crippen LogP contribution in [0.25, 0.3) is 0 Å². The van der Waals surface area contributed by atoms with Crippen LogP contribution in [0.1, 0.15) is 0 Å². The molecule has 0 unspecified atom stereocenters. The van der Waals surface area contributed by atoms with Crippen LogP contribution in [0, 0.1) is 0 Å². The zero-order valence-electron chi connectivity index (χ0n) is 25.2. The van der Waals surface area contributed by atoms with E-state index in [4.69, 9.17) is 56.8 Å². The molecule has 0 atom stereocenters. The fraction of sp³-hybridized carbons (Fsp3) is 1.00. The first-order chi connectivity index (χ1) is 18.0. The van der Waals surface area contributed by atoms with Gasteiger partial charge in [-0.05, 0) is 0 Å². The van der Waals surface area contributed by atoms with Gasteiger partial charge in [0, 0.05) is 0 Å². The summed E-state index contributed by atoms with van der Waals surface area (Å²) < 4.78 is 63.9. The summed E-state index contributed by atoms with van der Waals surface area (Å²) in [5, 5.41) is 0. The van der Waals surface area contributed by atoms with Crippen molar-refractivity contribution in [1.29, 1.82) is 0 Å². The SMILES string of the molecule is C1COCCOCCOCCOCCOCCO1.C1COCCOCCOCCOCCOCCO1.[Na+].[Na+].[OH-].[OH-].[OH-]. The zero-order valence-corrected chi connectivity index (χ0v) is 29.2. The van der Waals surface area contributed by atoms with Crippen LogP contribution in [-0.4, -0.2) is 175 Å². The second-order valence-corrected chi connectivity index (χ2v) is 7.35. The van der Waals surface area contributed by atoms with Gasteiger partial charge in [0.2, 0.25) is 0 Å². The van der Waals surface area contributed by atoms with Crippen molar-refractivity contribution in [3.8, 4) is 0 Å². The molecule has 2 aliphatic heterocycles. The van der Waals surface area contributed by atoms with Crippen LogP contribution in [0.3, 0.4) is 0 Å². The van der Waals surface area contributed by atoms with Gasteiger partial charge in [0.05, 0.1) is 159 Å². The minimum Gasteiger partial charge on any atom is -0.870 e. The van der Waals surface area contributed by atoms with E-state index in [2.05, 4.69) is 0 Å². The molecule has 15 nitrogen and oxygen atoms in total. The van der Waals surface area contributed by atoms with Crippen molar-refractivity contribution in [2.45, 2.75) is 0 Å². The third-order valence-corrected chi connectivity index (χ3v) is 4.46. The molecule has 0 saturated carbocycles. The molecule has 0 aliphatic carbocycles. The molecule has 2 heterocycles. The molecule has 240 valence electrons. The summed E-state index contributed by atoms with van der Waals surface area (Å²) in [5.41, 5.74) is 0. The topological polar surface area (TPSA) is 201 Å². The Hall–Kier alpha value is 1.40. The third kappa shape index (κ3) is 45.9. The second-order valence-electron chi connectivity index (χ2n) is 7.35. The smallest absolute Gasteiger partial charge is 0.870 e. The van der Waals surface area contributed by atoms with Gasteiger partial charge in [-0.2, -0.15) is 0 Å². The molecule has 2 saturated heterocycles. The van der Waals surface area contributed by atoms with E-state index in [1.165, 1.54) is 0 Å². The molecule has 0 bridgehead atoms. The maximum Gasteiger partial charge on any atom is 1.00 e. The van der Waals surface area contributed by atoms with Crippen molar-refractivity contribution in [3.63, 3.8) is 0 Å². The predicted molar refractivity (Wildman–Crippen MR) is 136 cm³/mol. The van der Waals surface area contributed by atoms with E-state index >= 15 is 0 Å². The van der Waals surface area contributed by atoms with Crippen LogP contribution >= 0.6 is 0 Å². The van der Waals surface area contributed by atoms with E-state index in [9.17, 15) is 0 Å². The van der Waals surface area contributed by atoms with Gasteiger partial charge in [-0.25, -0.2) is 0 Å². The molecular formula is C24H51Na2O15-. The van der Waals surface area contributed by atoms with Crippen LogP contribution < -0.4 is 59.1 Å². The van der Waals surface area contributed by atoms with Crippen molar-refractivity contribution in [1.82, 2.24) is 0 Å². The van der Waals surface area contributed by atoms with Gasteiger partial charge in [0.15, 0.2) is 0 Å². The fourth-order valence-electron chi connectivity index (χ4n) is 2.64. The molecule has 0 amide bonds. The Morgan fingerprint density at radius 2 is 0.195 bits per heavy atom. The molecule has 2 rings (SSSR count). The van der Waals surface area contributed by atoms with E-state index in [1.54, 1.807) is 0 Å². The minimum absolute atomic E-state index is 0. The molecule has 0 aromatic carbocycles. The standard InChI is InChI=1S/2C12H24O6.2Na.3H2O/c2*1-2-14-5-6-16-9-10-18-12-11-17-8-7-15-4-3-13-1;;;;;/h2*1-12H2;;;3*1H2/q;;2*+1;;;/p-3. The summed E-state index contributed by atoms with van der Waals surface area (Å²) in [4.78, 5) is 0. The quantitative estimate of drug-likeness (QED) is 0.230. The van der Waals surface area contributed by atoms with Gasteiger partial charge in [-0.3, -0.25) is 0 Å². The Balaban J connectivity index is -0.000000188. The van der Waals surface area contributed by atoms with Gasteiger partial charge in [0.25, 0.3) is 0 Å². The first-order valence-corrected chi connectivity index (χ1v) is 12.9. The fourth-order valence-corrected chi connectivity index (χ4v) is 2.64. The van der Waals surface area contributed by atoms with E-state index in [0.717, 1.165) is 0 Å². The molecule has 0 spiro atoms. The average molecular weight is 626 g/mol. The van der Waals surface area contributed by atoms with Crippen molar-refractivity contribution < 1.29 is 132 Å². The van der Waals surface area contributed by atoms with E-state index in [-0.39, 0.29) is 75.5 Å². The van der Waals surface area contributed by atoms with Gasteiger partial charge in [0.1, 0.15) is 0 Å². The Labute approximate surface area is 289 Å². The maximum absolute atomic E-state index is 5.33. The van der Waals surface area contributed by atoms with Gasteiger partial charge in [-0.15, -0.1) is 0 Å². The van der Waals surface area contributed by atoms with Crippen molar-refractivity contribution in [3.05, 3.63) is 0 Å². The van der Waals surface area contributed by atoms with Gasteiger partial charge >= 0.3 is 59.1 Å². The number of rotatable bonds is 0. The van der Waals surface area contributed by atoms with Gasteiger partial charge in [-0.1, -0.05) is 0 Å². The van der Waals surface area contributed by atoms with Crippen LogP contribution in [0.15, 0.2) is 0 Å². The van der Waals surface area contributed by atoms with E-state index in [0.29, 0.717) is 159 Å². The molecule has 17 heteroatoms. The Bertz CT molecular complexity index is 235. The van der Waals surface area contributed by atoms with Crippen molar-refractivity contribution in [2.24, 2.45) is 0 Å². The first kappa shape index (κ1) is 52.0. The molecular weight excluding hydrogens is 574 g/mol. The summed E-state index contributed by atoms with van der Waals surface area (Å²) in [5.74, 6) is 0. The normalized spacial score (nSPS) is 21.1. The number of hydrogen-bond acceptors (Lipinski definition) is 15. The maximum atomic E-state index is 5.33. The first-order valence-electron chi connectivity index (χ1n) is 12.9. The summed E-state index contributed by atoms with van der Waals surface area (Å²) in [7, 11) is 0. The minimum atomic E-state index is 0. The summed E-state index contributed by atoms with van der Waals surface area (Å²) in [6, 6.07) is 0. The number of ether oxygens (including phenoxy) is 12. The molecule has 0 radical (unpaired) electrons. The van der Waals surface area contributed by atoms with E-state index in [1.807, 2.05) is 0 Å². The monoisotopic (exact) mass is 625 g/mol.